The van der Waals surface area contributed by atoms with E-state index in [1.54, 1.807) is 6.20 Å². The predicted molar refractivity (Wildman–Crippen MR) is 91.7 cm³/mol. The molecule has 0 atom stereocenters. The van der Waals surface area contributed by atoms with Crippen molar-refractivity contribution in [3.63, 3.8) is 0 Å². The zero-order valence-electron chi connectivity index (χ0n) is 13.3. The van der Waals surface area contributed by atoms with Crippen molar-refractivity contribution in [1.82, 2.24) is 14.3 Å². The summed E-state index contributed by atoms with van der Waals surface area (Å²) in [5, 5.41) is 14.8. The SMILES string of the molecule is Cc1c2cnn(CC(=O)O)c(=O)c2c(C)n1Cc1cccc(Cl)c1. The number of halogens is 1. The second-order valence-corrected chi connectivity index (χ2v) is 6.11. The van der Waals surface area contributed by atoms with Gasteiger partial charge in [-0.3, -0.25) is 9.59 Å². The summed E-state index contributed by atoms with van der Waals surface area (Å²) in [6.07, 6.45) is 1.55. The molecule has 0 aliphatic rings. The molecule has 0 aliphatic carbocycles. The highest BCUT2D eigenvalue weighted by Gasteiger charge is 2.17. The highest BCUT2D eigenvalue weighted by molar-refractivity contribution is 6.30. The zero-order chi connectivity index (χ0) is 17.4. The van der Waals surface area contributed by atoms with E-state index in [9.17, 15) is 9.59 Å². The summed E-state index contributed by atoms with van der Waals surface area (Å²) in [4.78, 5) is 23.4. The first-order chi connectivity index (χ1) is 11.4. The van der Waals surface area contributed by atoms with E-state index in [0.29, 0.717) is 17.0 Å². The number of fused-ring (bicyclic) bond motifs is 1. The number of benzene rings is 1. The van der Waals surface area contributed by atoms with Crippen molar-refractivity contribution in [3.8, 4) is 0 Å². The van der Waals surface area contributed by atoms with Crippen LogP contribution in [0.25, 0.3) is 10.8 Å². The lowest BCUT2D eigenvalue weighted by Crippen LogP contribution is -2.26. The van der Waals surface area contributed by atoms with E-state index in [0.717, 1.165) is 27.0 Å². The van der Waals surface area contributed by atoms with E-state index in [1.165, 1.54) is 0 Å². The smallest absolute Gasteiger partial charge is 0.325 e. The summed E-state index contributed by atoms with van der Waals surface area (Å²) in [5.41, 5.74) is 2.33. The number of hydrogen-bond acceptors (Lipinski definition) is 3. The van der Waals surface area contributed by atoms with Crippen molar-refractivity contribution < 1.29 is 9.90 Å². The van der Waals surface area contributed by atoms with Crippen LogP contribution in [0.15, 0.2) is 35.3 Å². The van der Waals surface area contributed by atoms with Gasteiger partial charge in [0.25, 0.3) is 5.56 Å². The Bertz CT molecular complexity index is 1000. The third kappa shape index (κ3) is 2.80. The van der Waals surface area contributed by atoms with Gasteiger partial charge in [-0.25, -0.2) is 4.68 Å². The maximum Gasteiger partial charge on any atom is 0.325 e. The van der Waals surface area contributed by atoms with Gasteiger partial charge >= 0.3 is 5.97 Å². The molecule has 7 heteroatoms. The Kier molecular flexibility index (Phi) is 4.15. The fourth-order valence-corrected chi connectivity index (χ4v) is 3.15. The summed E-state index contributed by atoms with van der Waals surface area (Å²) in [7, 11) is 0. The maximum absolute atomic E-state index is 12.6. The summed E-state index contributed by atoms with van der Waals surface area (Å²) in [6.45, 7) is 3.90. The monoisotopic (exact) mass is 345 g/mol. The molecule has 0 saturated carbocycles. The van der Waals surface area contributed by atoms with Gasteiger partial charge in [-0.1, -0.05) is 23.7 Å². The normalized spacial score (nSPS) is 11.1. The lowest BCUT2D eigenvalue weighted by Gasteiger charge is -2.09. The minimum Gasteiger partial charge on any atom is -0.480 e. The lowest BCUT2D eigenvalue weighted by atomic mass is 10.2. The van der Waals surface area contributed by atoms with Crippen LogP contribution in [0.5, 0.6) is 0 Å². The van der Waals surface area contributed by atoms with E-state index in [-0.39, 0.29) is 5.56 Å². The van der Waals surface area contributed by atoms with Crippen LogP contribution in [-0.2, 0) is 17.9 Å². The molecule has 0 radical (unpaired) electrons. The Morgan fingerprint density at radius 3 is 2.71 bits per heavy atom. The third-order valence-corrected chi connectivity index (χ3v) is 4.36. The molecule has 0 fully saturated rings. The molecule has 1 aromatic carbocycles. The number of carbonyl (C=O) groups is 1. The molecule has 0 unspecified atom stereocenters. The minimum atomic E-state index is -1.10. The molecule has 24 heavy (non-hydrogen) atoms. The summed E-state index contributed by atoms with van der Waals surface area (Å²) < 4.78 is 2.99. The van der Waals surface area contributed by atoms with Gasteiger partial charge in [0.1, 0.15) is 6.54 Å². The van der Waals surface area contributed by atoms with Gasteiger partial charge < -0.3 is 9.67 Å². The number of aromatic nitrogens is 3. The maximum atomic E-state index is 12.6. The van der Waals surface area contributed by atoms with Crippen LogP contribution in [0.3, 0.4) is 0 Å². The second-order valence-electron chi connectivity index (χ2n) is 5.68. The van der Waals surface area contributed by atoms with Gasteiger partial charge in [0.2, 0.25) is 0 Å². The lowest BCUT2D eigenvalue weighted by molar-refractivity contribution is -0.137. The van der Waals surface area contributed by atoms with E-state index >= 15 is 0 Å². The first-order valence-electron chi connectivity index (χ1n) is 7.40. The standard InChI is InChI=1S/C17H16ClN3O3/c1-10-14-7-19-21(9-15(22)23)17(24)16(14)11(2)20(10)8-12-4-3-5-13(18)6-12/h3-7H,8-9H2,1-2H3,(H,22,23). The van der Waals surface area contributed by atoms with Crippen molar-refractivity contribution in [3.05, 3.63) is 62.8 Å². The Labute approximate surface area is 142 Å². The summed E-state index contributed by atoms with van der Waals surface area (Å²) >= 11 is 6.04. The Balaban J connectivity index is 2.15. The van der Waals surface area contributed by atoms with Crippen molar-refractivity contribution >= 4 is 28.3 Å². The highest BCUT2D eigenvalue weighted by atomic mass is 35.5. The van der Waals surface area contributed by atoms with E-state index in [4.69, 9.17) is 16.7 Å². The van der Waals surface area contributed by atoms with Gasteiger partial charge in [0, 0.05) is 28.3 Å². The number of carboxylic acids is 1. The molecule has 2 heterocycles. The van der Waals surface area contributed by atoms with Crippen LogP contribution in [0.4, 0.5) is 0 Å². The number of nitrogens with zero attached hydrogens (tertiary/aromatic N) is 3. The van der Waals surface area contributed by atoms with E-state index in [2.05, 4.69) is 5.10 Å². The summed E-state index contributed by atoms with van der Waals surface area (Å²) in [6, 6.07) is 7.54. The van der Waals surface area contributed by atoms with E-state index < -0.39 is 12.5 Å². The summed E-state index contributed by atoms with van der Waals surface area (Å²) in [5.74, 6) is -1.10. The Morgan fingerprint density at radius 2 is 2.04 bits per heavy atom. The van der Waals surface area contributed by atoms with Gasteiger partial charge in [0.15, 0.2) is 0 Å². The van der Waals surface area contributed by atoms with Crippen molar-refractivity contribution in [2.24, 2.45) is 0 Å². The van der Waals surface area contributed by atoms with E-state index in [1.807, 2.05) is 42.7 Å². The molecule has 0 aliphatic heterocycles. The number of carboxylic acid groups (broad SMARTS) is 1. The van der Waals surface area contributed by atoms with Gasteiger partial charge in [-0.2, -0.15) is 5.10 Å². The number of aliphatic carboxylic acids is 1. The molecule has 6 nitrogen and oxygen atoms in total. The average Bonchev–Trinajstić information content (AvgIpc) is 2.75. The van der Waals surface area contributed by atoms with Gasteiger partial charge in [-0.05, 0) is 31.5 Å². The number of rotatable bonds is 4. The molecule has 3 rings (SSSR count). The van der Waals surface area contributed by atoms with Crippen LogP contribution in [0.1, 0.15) is 17.0 Å². The van der Waals surface area contributed by atoms with Crippen LogP contribution in [-0.4, -0.2) is 25.4 Å². The molecular weight excluding hydrogens is 330 g/mol. The van der Waals surface area contributed by atoms with Crippen LogP contribution in [0.2, 0.25) is 5.02 Å². The molecule has 2 aromatic heterocycles. The first kappa shape index (κ1) is 16.3. The molecule has 1 N–H and O–H groups in total. The van der Waals surface area contributed by atoms with Crippen molar-refractivity contribution in [2.75, 3.05) is 0 Å². The Morgan fingerprint density at radius 1 is 1.29 bits per heavy atom. The van der Waals surface area contributed by atoms with Crippen molar-refractivity contribution in [1.29, 1.82) is 0 Å². The fraction of sp³-hybridized carbons (Fsp3) is 0.235. The molecule has 124 valence electrons. The van der Waals surface area contributed by atoms with Gasteiger partial charge in [-0.15, -0.1) is 0 Å². The molecule has 3 aromatic rings. The number of hydrogen-bond donors (Lipinski definition) is 1. The van der Waals surface area contributed by atoms with Crippen LogP contribution >= 0.6 is 11.6 Å². The molecule has 0 bridgehead atoms. The predicted octanol–water partition coefficient (Wildman–Crippen LogP) is 2.60. The fourth-order valence-electron chi connectivity index (χ4n) is 2.94. The quantitative estimate of drug-likeness (QED) is 0.788. The topological polar surface area (TPSA) is 77.1 Å². The Hall–Kier alpha value is -2.60. The molecule has 0 amide bonds. The molecule has 0 spiro atoms. The minimum absolute atomic E-state index is 0.389. The van der Waals surface area contributed by atoms with Crippen molar-refractivity contribution in [2.45, 2.75) is 26.9 Å². The average molecular weight is 346 g/mol. The first-order valence-corrected chi connectivity index (χ1v) is 7.78. The molecule has 0 saturated heterocycles. The second kappa shape index (κ2) is 6.13. The zero-order valence-corrected chi connectivity index (χ0v) is 14.0. The van der Waals surface area contributed by atoms with Crippen LogP contribution < -0.4 is 5.56 Å². The molecular formula is C17H16ClN3O3. The third-order valence-electron chi connectivity index (χ3n) is 4.12. The number of aryl methyl sites for hydroxylation is 2. The largest absolute Gasteiger partial charge is 0.480 e. The van der Waals surface area contributed by atoms with Gasteiger partial charge in [0.05, 0.1) is 11.6 Å². The van der Waals surface area contributed by atoms with Crippen LogP contribution in [0, 0.1) is 13.8 Å². The highest BCUT2D eigenvalue weighted by Crippen LogP contribution is 2.23.